The van der Waals surface area contributed by atoms with Gasteiger partial charge in [-0.1, -0.05) is 6.92 Å². The largest absolute Gasteiger partial charge is 0.365 e. The highest BCUT2D eigenvalue weighted by atomic mass is 32.2. The Balaban J connectivity index is 1.70. The molecule has 0 spiro atoms. The van der Waals surface area contributed by atoms with Crippen LogP contribution in [0.25, 0.3) is 0 Å². The van der Waals surface area contributed by atoms with Crippen LogP contribution in [-0.4, -0.2) is 17.6 Å². The van der Waals surface area contributed by atoms with Crippen molar-refractivity contribution in [1.29, 1.82) is 0 Å². The second-order valence-corrected chi connectivity index (χ2v) is 8.36. The maximum absolute atomic E-state index is 12.9. The number of fused-ring (bicyclic) bond motifs is 1. The molecule has 1 aliphatic rings. The number of rotatable bonds is 5. The molecule has 1 heterocycles. The summed E-state index contributed by atoms with van der Waals surface area (Å²) < 4.78 is 12.9. The first-order valence-electron chi connectivity index (χ1n) is 8.06. The molecule has 0 fully saturated rings. The summed E-state index contributed by atoms with van der Waals surface area (Å²) in [4.78, 5) is 26.1. The number of thiophene rings is 1. The quantitative estimate of drug-likeness (QED) is 0.777. The number of thioether (sulfide) groups is 1. The molecule has 1 aromatic carbocycles. The lowest BCUT2D eigenvalue weighted by Gasteiger charge is -2.18. The van der Waals surface area contributed by atoms with Gasteiger partial charge in [0.2, 0.25) is 5.91 Å². The number of hydrogen-bond acceptors (Lipinski definition) is 4. The average Bonchev–Trinajstić information content (AvgIpc) is 2.91. The predicted molar refractivity (Wildman–Crippen MR) is 99.8 cm³/mol. The summed E-state index contributed by atoms with van der Waals surface area (Å²) in [5.41, 5.74) is 7.01. The standard InChI is InChI=1S/C18H19FN2O2S2/c1-10-2-7-13-14(8-10)25-18(16(13)17(20)23)21-15(22)9-24-12-5-3-11(19)4-6-12/h3-6,10H,2,7-9H2,1H3,(H2,20,23)(H,21,22)/t10-/m1/s1. The molecule has 1 aromatic heterocycles. The lowest BCUT2D eigenvalue weighted by molar-refractivity contribution is -0.113. The molecule has 4 nitrogen and oxygen atoms in total. The van der Waals surface area contributed by atoms with Crippen molar-refractivity contribution in [3.05, 3.63) is 46.1 Å². The highest BCUT2D eigenvalue weighted by Gasteiger charge is 2.27. The molecule has 0 unspecified atom stereocenters. The molecule has 2 aromatic rings. The highest BCUT2D eigenvalue weighted by molar-refractivity contribution is 8.00. The maximum Gasteiger partial charge on any atom is 0.251 e. The summed E-state index contributed by atoms with van der Waals surface area (Å²) in [7, 11) is 0. The minimum absolute atomic E-state index is 0.183. The summed E-state index contributed by atoms with van der Waals surface area (Å²) in [6, 6.07) is 5.99. The van der Waals surface area contributed by atoms with Crippen molar-refractivity contribution in [1.82, 2.24) is 0 Å². The fraction of sp³-hybridized carbons (Fsp3) is 0.333. The predicted octanol–water partition coefficient (Wildman–Crippen LogP) is 3.84. The zero-order chi connectivity index (χ0) is 18.0. The van der Waals surface area contributed by atoms with E-state index in [-0.39, 0.29) is 17.5 Å². The molecule has 7 heteroatoms. The number of halogens is 1. The van der Waals surface area contributed by atoms with E-state index in [1.807, 2.05) is 0 Å². The monoisotopic (exact) mass is 378 g/mol. The Hall–Kier alpha value is -1.86. The van der Waals surface area contributed by atoms with E-state index in [1.54, 1.807) is 12.1 Å². The van der Waals surface area contributed by atoms with Crippen LogP contribution in [0.5, 0.6) is 0 Å². The summed E-state index contributed by atoms with van der Waals surface area (Å²) in [5.74, 6) is -0.247. The molecule has 0 bridgehead atoms. The van der Waals surface area contributed by atoms with Crippen LogP contribution in [-0.2, 0) is 17.6 Å². The van der Waals surface area contributed by atoms with Gasteiger partial charge in [-0.15, -0.1) is 23.1 Å². The molecular weight excluding hydrogens is 359 g/mol. The topological polar surface area (TPSA) is 72.2 Å². The third-order valence-electron chi connectivity index (χ3n) is 4.19. The van der Waals surface area contributed by atoms with Crippen LogP contribution < -0.4 is 11.1 Å². The van der Waals surface area contributed by atoms with Gasteiger partial charge in [0.15, 0.2) is 0 Å². The van der Waals surface area contributed by atoms with E-state index >= 15 is 0 Å². The molecule has 0 saturated heterocycles. The summed E-state index contributed by atoms with van der Waals surface area (Å²) in [5, 5.41) is 3.38. The van der Waals surface area contributed by atoms with Crippen molar-refractivity contribution in [2.75, 3.05) is 11.1 Å². The van der Waals surface area contributed by atoms with Gasteiger partial charge in [0.1, 0.15) is 10.8 Å². The third kappa shape index (κ3) is 4.22. The van der Waals surface area contributed by atoms with Crippen molar-refractivity contribution >= 4 is 39.9 Å². The van der Waals surface area contributed by atoms with E-state index < -0.39 is 5.91 Å². The van der Waals surface area contributed by atoms with E-state index in [4.69, 9.17) is 5.73 Å². The molecule has 1 atom stereocenters. The summed E-state index contributed by atoms with van der Waals surface area (Å²) >= 11 is 2.77. The van der Waals surface area contributed by atoms with E-state index in [1.165, 1.54) is 35.2 Å². The van der Waals surface area contributed by atoms with Gasteiger partial charge >= 0.3 is 0 Å². The minimum atomic E-state index is -0.492. The van der Waals surface area contributed by atoms with Gasteiger partial charge in [-0.05, 0) is 55.0 Å². The Morgan fingerprint density at radius 1 is 1.36 bits per heavy atom. The van der Waals surface area contributed by atoms with Crippen molar-refractivity contribution in [3.8, 4) is 0 Å². The van der Waals surface area contributed by atoms with Crippen molar-refractivity contribution in [2.24, 2.45) is 11.7 Å². The molecule has 2 amide bonds. The van der Waals surface area contributed by atoms with Crippen molar-refractivity contribution in [3.63, 3.8) is 0 Å². The van der Waals surface area contributed by atoms with Crippen LogP contribution in [0.2, 0.25) is 0 Å². The number of carbonyl (C=O) groups is 2. The molecule has 132 valence electrons. The maximum atomic E-state index is 12.9. The van der Waals surface area contributed by atoms with Crippen LogP contribution >= 0.6 is 23.1 Å². The number of benzene rings is 1. The molecule has 1 aliphatic carbocycles. The van der Waals surface area contributed by atoms with Crippen LogP contribution in [0, 0.1) is 11.7 Å². The SMILES string of the molecule is C[C@@H]1CCc2c(sc(NC(=O)CSc3ccc(F)cc3)c2C(N)=O)C1. The molecule has 0 aliphatic heterocycles. The number of nitrogens with two attached hydrogens (primary N) is 1. The molecule has 0 radical (unpaired) electrons. The van der Waals surface area contributed by atoms with Gasteiger partial charge in [-0.2, -0.15) is 0 Å². The molecular formula is C18H19FN2O2S2. The normalized spacial score (nSPS) is 16.3. The molecule has 3 rings (SSSR count). The van der Waals surface area contributed by atoms with Crippen LogP contribution in [0.15, 0.2) is 29.2 Å². The first-order chi connectivity index (χ1) is 11.9. The zero-order valence-electron chi connectivity index (χ0n) is 13.8. The van der Waals surface area contributed by atoms with E-state index in [0.717, 1.165) is 34.6 Å². The van der Waals surface area contributed by atoms with Crippen molar-refractivity contribution < 1.29 is 14.0 Å². The summed E-state index contributed by atoms with van der Waals surface area (Å²) in [6.07, 6.45) is 2.77. The Bertz CT molecular complexity index is 802. The Morgan fingerprint density at radius 3 is 2.76 bits per heavy atom. The molecule has 0 saturated carbocycles. The second-order valence-electron chi connectivity index (χ2n) is 6.21. The van der Waals surface area contributed by atoms with Gasteiger partial charge in [-0.3, -0.25) is 9.59 Å². The van der Waals surface area contributed by atoms with E-state index in [9.17, 15) is 14.0 Å². The Labute approximate surface area is 154 Å². The van der Waals surface area contributed by atoms with Gasteiger partial charge in [0, 0.05) is 9.77 Å². The number of anilines is 1. The number of primary amides is 1. The summed E-state index contributed by atoms with van der Waals surface area (Å²) in [6.45, 7) is 2.18. The van der Waals surface area contributed by atoms with Crippen LogP contribution in [0.1, 0.15) is 34.1 Å². The number of nitrogens with one attached hydrogen (secondary N) is 1. The van der Waals surface area contributed by atoms with Gasteiger partial charge in [0.05, 0.1) is 11.3 Å². The first-order valence-corrected chi connectivity index (χ1v) is 9.86. The van der Waals surface area contributed by atoms with Gasteiger partial charge < -0.3 is 11.1 Å². The lowest BCUT2D eigenvalue weighted by Crippen LogP contribution is -2.20. The van der Waals surface area contributed by atoms with Gasteiger partial charge in [0.25, 0.3) is 5.91 Å². The fourth-order valence-corrected chi connectivity index (χ4v) is 5.07. The van der Waals surface area contributed by atoms with E-state index in [2.05, 4.69) is 12.2 Å². The smallest absolute Gasteiger partial charge is 0.251 e. The number of hydrogen-bond donors (Lipinski definition) is 2. The van der Waals surface area contributed by atoms with Crippen LogP contribution in [0.4, 0.5) is 9.39 Å². The second kappa shape index (κ2) is 7.58. The fourth-order valence-electron chi connectivity index (χ4n) is 2.94. The molecule has 3 N–H and O–H groups in total. The Kier molecular flexibility index (Phi) is 5.44. The average molecular weight is 378 g/mol. The lowest BCUT2D eigenvalue weighted by atomic mass is 9.88. The molecule has 25 heavy (non-hydrogen) atoms. The number of amides is 2. The highest BCUT2D eigenvalue weighted by Crippen LogP contribution is 2.39. The van der Waals surface area contributed by atoms with Crippen LogP contribution in [0.3, 0.4) is 0 Å². The number of carbonyl (C=O) groups excluding carboxylic acids is 2. The Morgan fingerprint density at radius 2 is 2.08 bits per heavy atom. The van der Waals surface area contributed by atoms with Crippen molar-refractivity contribution in [2.45, 2.75) is 31.1 Å². The minimum Gasteiger partial charge on any atom is -0.365 e. The third-order valence-corrected chi connectivity index (χ3v) is 6.38. The van der Waals surface area contributed by atoms with Gasteiger partial charge in [-0.25, -0.2) is 4.39 Å². The zero-order valence-corrected chi connectivity index (χ0v) is 15.4. The van der Waals surface area contributed by atoms with E-state index in [0.29, 0.717) is 16.5 Å². The first kappa shape index (κ1) is 17.9.